The SMILES string of the molecule is CC(C)C1=NN(C2(C)CCS(=O)(=O)C2)C(=O)C1CCCN. The zero-order chi connectivity index (χ0) is 15.8. The van der Waals surface area contributed by atoms with Crippen molar-refractivity contribution in [2.45, 2.75) is 45.6 Å². The summed E-state index contributed by atoms with van der Waals surface area (Å²) in [6.45, 7) is 6.39. The van der Waals surface area contributed by atoms with Gasteiger partial charge in [-0.15, -0.1) is 0 Å². The van der Waals surface area contributed by atoms with E-state index in [4.69, 9.17) is 5.73 Å². The van der Waals surface area contributed by atoms with Gasteiger partial charge < -0.3 is 5.73 Å². The summed E-state index contributed by atoms with van der Waals surface area (Å²) >= 11 is 0. The van der Waals surface area contributed by atoms with Gasteiger partial charge in [0.05, 0.1) is 28.7 Å². The third-order valence-corrected chi connectivity index (χ3v) is 6.25. The average molecular weight is 315 g/mol. The van der Waals surface area contributed by atoms with Gasteiger partial charge in [0, 0.05) is 0 Å². The lowest BCUT2D eigenvalue weighted by Crippen LogP contribution is -2.47. The van der Waals surface area contributed by atoms with E-state index < -0.39 is 15.4 Å². The van der Waals surface area contributed by atoms with Gasteiger partial charge in [-0.1, -0.05) is 13.8 Å². The summed E-state index contributed by atoms with van der Waals surface area (Å²) in [5.74, 6) is 0.00101. The minimum atomic E-state index is -3.07. The topological polar surface area (TPSA) is 92.8 Å². The molecule has 2 rings (SSSR count). The third kappa shape index (κ3) is 3.13. The monoisotopic (exact) mass is 315 g/mol. The fraction of sp³-hybridized carbons (Fsp3) is 0.857. The molecule has 0 aromatic carbocycles. The molecule has 1 saturated heterocycles. The van der Waals surface area contributed by atoms with Crippen molar-refractivity contribution in [3.8, 4) is 0 Å². The molecule has 0 bridgehead atoms. The molecule has 2 N–H and O–H groups in total. The molecule has 2 atom stereocenters. The molecular weight excluding hydrogens is 290 g/mol. The Morgan fingerprint density at radius 1 is 1.48 bits per heavy atom. The van der Waals surface area contributed by atoms with E-state index in [9.17, 15) is 13.2 Å². The summed E-state index contributed by atoms with van der Waals surface area (Å²) in [5.41, 5.74) is 5.71. The van der Waals surface area contributed by atoms with Crippen LogP contribution in [-0.4, -0.2) is 48.6 Å². The molecule has 0 spiro atoms. The molecule has 2 unspecified atom stereocenters. The average Bonchev–Trinajstić information content (AvgIpc) is 2.85. The summed E-state index contributed by atoms with van der Waals surface area (Å²) in [6, 6.07) is 0. The molecule has 21 heavy (non-hydrogen) atoms. The van der Waals surface area contributed by atoms with Crippen LogP contribution in [0.2, 0.25) is 0 Å². The second kappa shape index (κ2) is 5.68. The highest BCUT2D eigenvalue weighted by Gasteiger charge is 2.50. The number of amides is 1. The van der Waals surface area contributed by atoms with Crippen molar-refractivity contribution in [3.63, 3.8) is 0 Å². The molecule has 120 valence electrons. The van der Waals surface area contributed by atoms with Crippen LogP contribution >= 0.6 is 0 Å². The highest BCUT2D eigenvalue weighted by atomic mass is 32.2. The van der Waals surface area contributed by atoms with Gasteiger partial charge in [-0.3, -0.25) is 4.79 Å². The molecule has 2 aliphatic rings. The van der Waals surface area contributed by atoms with Crippen LogP contribution in [0.4, 0.5) is 0 Å². The third-order valence-electron chi connectivity index (χ3n) is 4.36. The van der Waals surface area contributed by atoms with Crippen LogP contribution < -0.4 is 5.73 Å². The quantitative estimate of drug-likeness (QED) is 0.811. The first-order chi connectivity index (χ1) is 9.70. The predicted octanol–water partition coefficient (Wildman–Crippen LogP) is 0.773. The first-order valence-corrected chi connectivity index (χ1v) is 9.35. The van der Waals surface area contributed by atoms with Gasteiger partial charge in [0.1, 0.15) is 0 Å². The maximum absolute atomic E-state index is 12.7. The number of hydrazone groups is 1. The molecule has 6 nitrogen and oxygen atoms in total. The van der Waals surface area contributed by atoms with E-state index in [1.54, 1.807) is 0 Å². The summed E-state index contributed by atoms with van der Waals surface area (Å²) in [4.78, 5) is 12.7. The Balaban J connectivity index is 2.27. The molecule has 0 aromatic heterocycles. The Labute approximate surface area is 126 Å². The van der Waals surface area contributed by atoms with Crippen LogP contribution in [0.5, 0.6) is 0 Å². The largest absolute Gasteiger partial charge is 0.330 e. The maximum Gasteiger partial charge on any atom is 0.252 e. The van der Waals surface area contributed by atoms with Gasteiger partial charge in [0.15, 0.2) is 9.84 Å². The predicted molar refractivity (Wildman–Crippen MR) is 82.6 cm³/mol. The lowest BCUT2D eigenvalue weighted by Gasteiger charge is -2.31. The standard InChI is InChI=1S/C14H25N3O3S/c1-10(2)12-11(5-4-7-15)13(18)17(16-12)14(3)6-8-21(19,20)9-14/h10-11H,4-9,15H2,1-3H3. The Kier molecular flexibility index (Phi) is 4.44. The highest BCUT2D eigenvalue weighted by molar-refractivity contribution is 7.91. The minimum Gasteiger partial charge on any atom is -0.330 e. The lowest BCUT2D eigenvalue weighted by atomic mass is 9.90. The van der Waals surface area contributed by atoms with Crippen LogP contribution in [0.3, 0.4) is 0 Å². The summed E-state index contributed by atoms with van der Waals surface area (Å²) in [6.07, 6.45) is 1.91. The van der Waals surface area contributed by atoms with Gasteiger partial charge >= 0.3 is 0 Å². The second-order valence-electron chi connectivity index (χ2n) is 6.65. The van der Waals surface area contributed by atoms with Crippen molar-refractivity contribution in [3.05, 3.63) is 0 Å². The number of carbonyl (C=O) groups is 1. The minimum absolute atomic E-state index is 0.00419. The molecule has 2 heterocycles. The molecular formula is C14H25N3O3S. The summed E-state index contributed by atoms with van der Waals surface area (Å²) in [5, 5.41) is 5.97. The number of nitrogens with two attached hydrogens (primary N) is 1. The van der Waals surface area contributed by atoms with Crippen LogP contribution in [-0.2, 0) is 14.6 Å². The van der Waals surface area contributed by atoms with E-state index >= 15 is 0 Å². The van der Waals surface area contributed by atoms with Crippen molar-refractivity contribution in [1.82, 2.24) is 5.01 Å². The molecule has 1 fully saturated rings. The van der Waals surface area contributed by atoms with E-state index in [1.165, 1.54) is 5.01 Å². The first-order valence-electron chi connectivity index (χ1n) is 7.53. The molecule has 0 aromatic rings. The molecule has 0 saturated carbocycles. The molecule has 0 radical (unpaired) electrons. The molecule has 7 heteroatoms. The van der Waals surface area contributed by atoms with E-state index in [-0.39, 0.29) is 29.2 Å². The fourth-order valence-electron chi connectivity index (χ4n) is 3.17. The van der Waals surface area contributed by atoms with Crippen molar-refractivity contribution in [1.29, 1.82) is 0 Å². The Morgan fingerprint density at radius 2 is 2.14 bits per heavy atom. The van der Waals surface area contributed by atoms with Crippen molar-refractivity contribution >= 4 is 21.5 Å². The fourth-order valence-corrected chi connectivity index (χ4v) is 5.28. The summed E-state index contributed by atoms with van der Waals surface area (Å²) in [7, 11) is -3.07. The number of nitrogens with zero attached hydrogens (tertiary/aromatic N) is 2. The zero-order valence-electron chi connectivity index (χ0n) is 13.0. The Hall–Kier alpha value is -0.950. The van der Waals surface area contributed by atoms with Gasteiger partial charge in [-0.2, -0.15) is 5.10 Å². The second-order valence-corrected chi connectivity index (χ2v) is 8.84. The van der Waals surface area contributed by atoms with E-state index in [0.717, 1.165) is 12.1 Å². The van der Waals surface area contributed by atoms with Crippen LogP contribution in [0.25, 0.3) is 0 Å². The normalized spacial score (nSPS) is 32.0. The summed E-state index contributed by atoms with van der Waals surface area (Å²) < 4.78 is 23.6. The number of carbonyl (C=O) groups excluding carboxylic acids is 1. The van der Waals surface area contributed by atoms with Crippen LogP contribution in [0, 0.1) is 11.8 Å². The van der Waals surface area contributed by atoms with Crippen molar-refractivity contribution in [2.75, 3.05) is 18.1 Å². The van der Waals surface area contributed by atoms with Gasteiger partial charge in [0.25, 0.3) is 5.91 Å². The smallest absolute Gasteiger partial charge is 0.252 e. The van der Waals surface area contributed by atoms with Crippen molar-refractivity contribution < 1.29 is 13.2 Å². The molecule has 1 amide bonds. The van der Waals surface area contributed by atoms with Crippen molar-refractivity contribution in [2.24, 2.45) is 22.7 Å². The molecule has 0 aliphatic carbocycles. The van der Waals surface area contributed by atoms with Crippen LogP contribution in [0.1, 0.15) is 40.0 Å². The van der Waals surface area contributed by atoms with Crippen LogP contribution in [0.15, 0.2) is 5.10 Å². The maximum atomic E-state index is 12.7. The highest BCUT2D eigenvalue weighted by Crippen LogP contribution is 2.36. The number of hydrogen-bond acceptors (Lipinski definition) is 5. The Bertz CT molecular complexity index is 556. The van der Waals surface area contributed by atoms with Gasteiger partial charge in [0.2, 0.25) is 0 Å². The number of hydrogen-bond donors (Lipinski definition) is 1. The zero-order valence-corrected chi connectivity index (χ0v) is 13.8. The van der Waals surface area contributed by atoms with Gasteiger partial charge in [-0.25, -0.2) is 13.4 Å². The molecule has 2 aliphatic heterocycles. The number of sulfone groups is 1. The first kappa shape index (κ1) is 16.4. The lowest BCUT2D eigenvalue weighted by molar-refractivity contribution is -0.136. The van der Waals surface area contributed by atoms with E-state index in [1.807, 2.05) is 20.8 Å². The van der Waals surface area contributed by atoms with Gasteiger partial charge in [-0.05, 0) is 38.6 Å². The van der Waals surface area contributed by atoms with E-state index in [0.29, 0.717) is 19.4 Å². The Morgan fingerprint density at radius 3 is 2.62 bits per heavy atom. The van der Waals surface area contributed by atoms with E-state index in [2.05, 4.69) is 5.10 Å². The number of rotatable bonds is 5.